The molecular formula is C61H74F3N15O8. The van der Waals surface area contributed by atoms with Gasteiger partial charge in [-0.05, 0) is 101 Å². The highest BCUT2D eigenvalue weighted by atomic mass is 19.3. The highest BCUT2D eigenvalue weighted by molar-refractivity contribution is 6.04. The van der Waals surface area contributed by atoms with Crippen LogP contribution in [0.25, 0.3) is 32.9 Å². The zero-order chi connectivity index (χ0) is 60.9. The molecule has 4 aromatic heterocycles. The van der Waals surface area contributed by atoms with E-state index >= 15 is 4.39 Å². The first kappa shape index (κ1) is 59.2. The molecule has 4 N–H and O–H groups in total. The zero-order valence-corrected chi connectivity index (χ0v) is 49.3. The number of carbonyl (C=O) groups excluding carboxylic acids is 7. The molecule has 2 aromatic carbocycles. The highest BCUT2D eigenvalue weighted by Gasteiger charge is 2.78. The molecule has 5 fully saturated rings. The van der Waals surface area contributed by atoms with Crippen LogP contribution in [0.1, 0.15) is 111 Å². The van der Waals surface area contributed by atoms with Crippen LogP contribution in [0.5, 0.6) is 0 Å². The first-order valence-corrected chi connectivity index (χ1v) is 30.4. The van der Waals surface area contributed by atoms with E-state index in [0.29, 0.717) is 108 Å². The van der Waals surface area contributed by atoms with Gasteiger partial charge in [0.1, 0.15) is 18.9 Å². The number of aryl methyl sites for hydroxylation is 1. The number of hydrogen-bond acceptors (Lipinski definition) is 13. The lowest BCUT2D eigenvalue weighted by molar-refractivity contribution is -0.141. The number of aromatic amines is 1. The smallest absolute Gasteiger partial charge is 0.325 e. The van der Waals surface area contributed by atoms with Gasteiger partial charge in [0.25, 0.3) is 11.8 Å². The van der Waals surface area contributed by atoms with Gasteiger partial charge in [-0.15, -0.1) is 0 Å². The lowest BCUT2D eigenvalue weighted by Crippen LogP contribution is -2.47. The Morgan fingerprint density at radius 2 is 1.47 bits per heavy atom. The van der Waals surface area contributed by atoms with Crippen molar-refractivity contribution in [1.82, 2.24) is 69.8 Å². The van der Waals surface area contributed by atoms with Crippen LogP contribution >= 0.6 is 0 Å². The van der Waals surface area contributed by atoms with Crippen molar-refractivity contribution >= 4 is 68.9 Å². The van der Waals surface area contributed by atoms with Gasteiger partial charge in [0.15, 0.2) is 5.69 Å². The number of piperidine rings is 4. The number of anilines is 1. The summed E-state index contributed by atoms with van der Waals surface area (Å²) in [6.45, 7) is 6.58. The van der Waals surface area contributed by atoms with Gasteiger partial charge in [-0.25, -0.2) is 13.2 Å². The molecule has 6 aliphatic rings. The molecule has 0 unspecified atom stereocenters. The molecule has 8 heterocycles. The zero-order valence-electron chi connectivity index (χ0n) is 49.3. The van der Waals surface area contributed by atoms with Crippen molar-refractivity contribution in [2.75, 3.05) is 84.4 Å². The second kappa shape index (κ2) is 24.2. The van der Waals surface area contributed by atoms with E-state index in [-0.39, 0.29) is 86.6 Å². The number of likely N-dealkylation sites (tertiary alicyclic amines) is 4. The Morgan fingerprint density at radius 3 is 2.18 bits per heavy atom. The van der Waals surface area contributed by atoms with Gasteiger partial charge in [-0.2, -0.15) is 20.4 Å². The maximum Gasteiger partial charge on any atom is 0.325 e. The summed E-state index contributed by atoms with van der Waals surface area (Å²) in [7, 11) is 2.99. The van der Waals surface area contributed by atoms with E-state index < -0.39 is 46.8 Å². The fraction of sp³-hybridized carbons (Fsp3) is 0.557. The van der Waals surface area contributed by atoms with Gasteiger partial charge in [0.2, 0.25) is 29.5 Å². The fourth-order valence-electron chi connectivity index (χ4n) is 14.2. The average molecular weight is 1200 g/mol. The Labute approximate surface area is 500 Å². The summed E-state index contributed by atoms with van der Waals surface area (Å²) >= 11 is 0. The van der Waals surface area contributed by atoms with Crippen LogP contribution in [0.3, 0.4) is 0 Å². The third-order valence-corrected chi connectivity index (χ3v) is 19.5. The second-order valence-corrected chi connectivity index (χ2v) is 24.8. The Kier molecular flexibility index (Phi) is 16.5. The van der Waals surface area contributed by atoms with Crippen molar-refractivity contribution in [1.29, 1.82) is 0 Å². The van der Waals surface area contributed by atoms with Crippen molar-refractivity contribution in [3.8, 4) is 11.1 Å². The van der Waals surface area contributed by atoms with E-state index in [1.807, 2.05) is 26.6 Å². The number of aromatic nitrogens is 8. The topological polar surface area (TPSA) is 260 Å². The number of esters is 1. The summed E-state index contributed by atoms with van der Waals surface area (Å²) in [5, 5.41) is 29.9. The van der Waals surface area contributed by atoms with Crippen molar-refractivity contribution < 1.29 is 51.5 Å². The average Bonchev–Trinajstić information content (AvgIpc) is 1.62. The minimum atomic E-state index is -2.75. The summed E-state index contributed by atoms with van der Waals surface area (Å²) in [4.78, 5) is 99.4. The molecule has 4 aliphatic heterocycles. The van der Waals surface area contributed by atoms with E-state index in [9.17, 15) is 42.3 Å². The lowest BCUT2D eigenvalue weighted by Gasteiger charge is -2.39. The van der Waals surface area contributed by atoms with E-state index in [0.717, 1.165) is 63.7 Å². The number of rotatable bonds is 17. The van der Waals surface area contributed by atoms with Crippen molar-refractivity contribution in [3.63, 3.8) is 0 Å². The first-order valence-electron chi connectivity index (χ1n) is 30.4. The first-order chi connectivity index (χ1) is 41.8. The molecule has 2 aliphatic carbocycles. The van der Waals surface area contributed by atoms with Crippen molar-refractivity contribution in [2.45, 2.75) is 108 Å². The minimum absolute atomic E-state index is 0.0277. The molecule has 26 heteroatoms. The maximum absolute atomic E-state index is 16.0. The number of ether oxygens (including phenoxy) is 1. The monoisotopic (exact) mass is 1200 g/mol. The number of carbonyl (C=O) groups is 7. The van der Waals surface area contributed by atoms with Gasteiger partial charge in [-0.1, -0.05) is 19.1 Å². The third-order valence-electron chi connectivity index (χ3n) is 19.5. The molecule has 462 valence electrons. The Bertz CT molecular complexity index is 3640. The van der Waals surface area contributed by atoms with E-state index in [4.69, 9.17) is 5.10 Å². The highest BCUT2D eigenvalue weighted by Crippen LogP contribution is 2.70. The summed E-state index contributed by atoms with van der Waals surface area (Å²) in [5.74, 6) is -5.82. The predicted octanol–water partition coefficient (Wildman–Crippen LogP) is 4.98. The van der Waals surface area contributed by atoms with E-state index in [2.05, 4.69) is 46.0 Å². The van der Waals surface area contributed by atoms with Gasteiger partial charge >= 0.3 is 5.97 Å². The lowest BCUT2D eigenvalue weighted by atomic mass is 9.87. The number of fused-ring (bicyclic) bond motifs is 4. The van der Waals surface area contributed by atoms with Gasteiger partial charge in [-0.3, -0.25) is 52.7 Å². The Morgan fingerprint density at radius 1 is 0.782 bits per heavy atom. The number of methoxy groups -OCH3 is 1. The number of amides is 6. The number of hydrogen-bond donors (Lipinski definition) is 4. The predicted molar refractivity (Wildman–Crippen MR) is 311 cm³/mol. The number of halogens is 3. The van der Waals surface area contributed by atoms with Crippen LogP contribution in [0.2, 0.25) is 0 Å². The molecule has 0 bridgehead atoms. The fourth-order valence-corrected chi connectivity index (χ4v) is 14.2. The Hall–Kier alpha value is -8.16. The minimum Gasteiger partial charge on any atom is -0.468 e. The summed E-state index contributed by atoms with van der Waals surface area (Å²) < 4.78 is 54.6. The van der Waals surface area contributed by atoms with Crippen LogP contribution in [0.15, 0.2) is 48.9 Å². The van der Waals surface area contributed by atoms with Crippen molar-refractivity contribution in [3.05, 3.63) is 77.4 Å². The summed E-state index contributed by atoms with van der Waals surface area (Å²) in [5.41, 5.74) is 3.64. The van der Waals surface area contributed by atoms with Crippen molar-refractivity contribution in [2.24, 2.45) is 30.2 Å². The summed E-state index contributed by atoms with van der Waals surface area (Å²) in [6, 6.07) is 8.69. The summed E-state index contributed by atoms with van der Waals surface area (Å²) in [6.07, 6.45) is 11.4. The molecule has 1 saturated carbocycles. The van der Waals surface area contributed by atoms with E-state index in [1.165, 1.54) is 13.2 Å². The van der Waals surface area contributed by atoms with Gasteiger partial charge in [0.05, 0.1) is 54.5 Å². The number of H-pyrrole nitrogens is 1. The van der Waals surface area contributed by atoms with Crippen LogP contribution in [0, 0.1) is 29.0 Å². The third kappa shape index (κ3) is 11.9. The molecule has 6 amide bonds. The SMILES string of the molecule is COC(=O)CNC(=O)CNC(=O)Cn1nc(C2CCN(C(=O)CCC(=O)N3CCC(CN4CCC(C(=O)N5CCC(n6cc(NC(=O)c7n[nH]c8c7C[C@H]7C(F)(F)[C@@]7(C)C8)cn6)CC5)CC4)CC3)CC2)c2c(-c3cc4c(cnn4C)cc3F)cccc21. The van der Waals surface area contributed by atoms with E-state index in [1.54, 1.807) is 59.0 Å². The van der Waals surface area contributed by atoms with Crippen LogP contribution < -0.4 is 16.0 Å². The molecule has 23 nitrogen and oxygen atoms in total. The molecule has 12 rings (SSSR count). The number of benzene rings is 2. The molecule has 6 aromatic rings. The maximum atomic E-state index is 16.0. The normalized spacial score (nSPS) is 21.2. The number of nitrogens with zero attached hydrogens (tertiary/aromatic N) is 11. The second-order valence-electron chi connectivity index (χ2n) is 24.8. The quantitative estimate of drug-likeness (QED) is 0.0881. The van der Waals surface area contributed by atoms with Crippen LogP contribution in [0.4, 0.5) is 18.9 Å². The molecule has 4 saturated heterocycles. The number of nitrogens with one attached hydrogen (secondary N) is 4. The number of alkyl halides is 2. The molecule has 2 atom stereocenters. The van der Waals surface area contributed by atoms with Gasteiger partial charge < -0.3 is 40.3 Å². The molecule has 0 spiro atoms. The van der Waals surface area contributed by atoms with Gasteiger partial charge in [0, 0.05) is 129 Å². The standard InChI is InChI=1S/C61H74F3N15O8/c1-60-28-46-44(27-49(60)61(60,63)64)57(71-70-46)58(85)69-40-30-68-78(34-40)41-15-23-77(24-16-41)59(86)38-11-17-74(18-12-38)33-36-9-19-75(20-10-36)52(82)7-8-53(83)76-21-13-37(14-22-76)56-55-42(43-26-48-39(25-45(43)62)29-67-73(48)2)5-4-6-47(55)79(72-56)35-51(81)65-31-50(80)66-32-54(84)87-3/h4-6,25-26,29-30,34,36-38,41,49H,7-24,27-28,31-33,35H2,1-3H3,(H,65,81)(H,66,80)(H,69,85)(H,70,71)/t49-,60+/m1/s1. The van der Waals surface area contributed by atoms with Crippen LogP contribution in [-0.4, -0.2) is 186 Å². The van der Waals surface area contributed by atoms with Crippen LogP contribution in [-0.2, 0) is 59.9 Å². The molecule has 0 radical (unpaired) electrons. The largest absolute Gasteiger partial charge is 0.468 e. The molecule has 87 heavy (non-hydrogen) atoms. The Balaban J connectivity index is 0.569. The molecular weight excluding hydrogens is 1130 g/mol.